The highest BCUT2D eigenvalue weighted by Crippen LogP contribution is 2.38. The van der Waals surface area contributed by atoms with Crippen molar-refractivity contribution in [2.75, 3.05) is 11.9 Å². The summed E-state index contributed by atoms with van der Waals surface area (Å²) < 4.78 is 10.0. The van der Waals surface area contributed by atoms with Crippen LogP contribution in [0.5, 0.6) is 5.75 Å². The largest absolute Gasteiger partial charge is 0.450 e. The van der Waals surface area contributed by atoms with Gasteiger partial charge in [0, 0.05) is 11.8 Å². The summed E-state index contributed by atoms with van der Waals surface area (Å²) in [6.07, 6.45) is 0.362. The molecule has 5 heteroatoms. The molecule has 0 spiro atoms. The zero-order valence-corrected chi connectivity index (χ0v) is 11.0. The Bertz CT molecular complexity index is 486. The number of benzene rings is 1. The van der Waals surface area contributed by atoms with Crippen molar-refractivity contribution in [1.82, 2.24) is 0 Å². The van der Waals surface area contributed by atoms with E-state index in [0.29, 0.717) is 24.0 Å². The average molecular weight is 263 g/mol. The highest BCUT2D eigenvalue weighted by atomic mass is 16.5. The van der Waals surface area contributed by atoms with Crippen LogP contribution in [0.2, 0.25) is 0 Å². The molecule has 2 rings (SSSR count). The Morgan fingerprint density at radius 2 is 2.16 bits per heavy atom. The summed E-state index contributed by atoms with van der Waals surface area (Å²) in [4.78, 5) is 23.0. The van der Waals surface area contributed by atoms with E-state index in [9.17, 15) is 9.59 Å². The van der Waals surface area contributed by atoms with Crippen LogP contribution in [0, 0.1) is 11.8 Å². The fourth-order valence-electron chi connectivity index (χ4n) is 1.76. The van der Waals surface area contributed by atoms with Gasteiger partial charge in [-0.2, -0.15) is 0 Å². The number of rotatable bonds is 4. The van der Waals surface area contributed by atoms with Crippen molar-refractivity contribution in [3.8, 4) is 5.75 Å². The van der Waals surface area contributed by atoms with Crippen molar-refractivity contribution in [3.63, 3.8) is 0 Å². The molecule has 1 amide bonds. The number of esters is 1. The lowest BCUT2D eigenvalue weighted by molar-refractivity contribution is -0.136. The van der Waals surface area contributed by atoms with Crippen molar-refractivity contribution in [1.29, 1.82) is 0 Å². The van der Waals surface area contributed by atoms with Gasteiger partial charge in [-0.15, -0.1) is 0 Å². The Kier molecular flexibility index (Phi) is 4.04. The van der Waals surface area contributed by atoms with Crippen LogP contribution in [0.15, 0.2) is 24.3 Å². The highest BCUT2D eigenvalue weighted by molar-refractivity contribution is 5.85. The van der Waals surface area contributed by atoms with Crippen LogP contribution in [0.1, 0.15) is 20.3 Å². The molecule has 0 heterocycles. The van der Waals surface area contributed by atoms with Crippen molar-refractivity contribution < 1.29 is 19.1 Å². The summed E-state index contributed by atoms with van der Waals surface area (Å²) in [5.41, 5.74) is 0.535. The van der Waals surface area contributed by atoms with Gasteiger partial charge >= 0.3 is 12.1 Å². The first kappa shape index (κ1) is 13.4. The van der Waals surface area contributed by atoms with Crippen molar-refractivity contribution >= 4 is 17.7 Å². The smallest absolute Gasteiger partial charge is 0.411 e. The summed E-state index contributed by atoms with van der Waals surface area (Å²) in [6, 6.07) is 6.69. The number of anilines is 1. The molecule has 1 N–H and O–H groups in total. The SMILES string of the molecule is CCOC(=O)Nc1cccc(OC(=O)C2CC2C)c1. The minimum atomic E-state index is -0.526. The van der Waals surface area contributed by atoms with E-state index in [0.717, 1.165) is 6.42 Å². The first-order valence-electron chi connectivity index (χ1n) is 6.35. The first-order chi connectivity index (χ1) is 9.10. The quantitative estimate of drug-likeness (QED) is 0.670. The Morgan fingerprint density at radius 1 is 1.42 bits per heavy atom. The minimum absolute atomic E-state index is 0.0154. The summed E-state index contributed by atoms with van der Waals surface area (Å²) in [6.45, 7) is 4.05. The zero-order valence-electron chi connectivity index (χ0n) is 11.0. The summed E-state index contributed by atoms with van der Waals surface area (Å²) >= 11 is 0. The molecule has 1 fully saturated rings. The van der Waals surface area contributed by atoms with Gasteiger partial charge in [-0.1, -0.05) is 13.0 Å². The number of nitrogens with one attached hydrogen (secondary N) is 1. The number of ether oxygens (including phenoxy) is 2. The van der Waals surface area contributed by atoms with Crippen LogP contribution in [-0.2, 0) is 9.53 Å². The average Bonchev–Trinajstić information content (AvgIpc) is 3.07. The first-order valence-corrected chi connectivity index (χ1v) is 6.35. The monoisotopic (exact) mass is 263 g/mol. The highest BCUT2D eigenvalue weighted by Gasteiger charge is 2.40. The molecule has 1 aliphatic rings. The van der Waals surface area contributed by atoms with Crippen molar-refractivity contribution in [2.24, 2.45) is 11.8 Å². The van der Waals surface area contributed by atoms with E-state index in [2.05, 4.69) is 5.32 Å². The molecule has 1 aromatic carbocycles. The molecule has 1 saturated carbocycles. The Balaban J connectivity index is 1.95. The molecular weight excluding hydrogens is 246 g/mol. The third kappa shape index (κ3) is 3.71. The second-order valence-corrected chi connectivity index (χ2v) is 4.61. The Hall–Kier alpha value is -2.04. The van der Waals surface area contributed by atoms with Gasteiger partial charge in [0.2, 0.25) is 0 Å². The van der Waals surface area contributed by atoms with Gasteiger partial charge < -0.3 is 9.47 Å². The van der Waals surface area contributed by atoms with Crippen LogP contribution < -0.4 is 10.1 Å². The Labute approximate surface area is 111 Å². The normalized spacial score (nSPS) is 20.5. The molecule has 2 atom stereocenters. The number of hydrogen-bond acceptors (Lipinski definition) is 4. The van der Waals surface area contributed by atoms with Crippen LogP contribution >= 0.6 is 0 Å². The number of carbonyl (C=O) groups excluding carboxylic acids is 2. The lowest BCUT2D eigenvalue weighted by Gasteiger charge is -2.07. The summed E-state index contributed by atoms with van der Waals surface area (Å²) in [7, 11) is 0. The van der Waals surface area contributed by atoms with Crippen LogP contribution in [0.4, 0.5) is 10.5 Å². The molecule has 1 aliphatic carbocycles. The predicted octanol–water partition coefficient (Wildman–Crippen LogP) is 2.82. The molecule has 5 nitrogen and oxygen atoms in total. The van der Waals surface area contributed by atoms with E-state index in [1.54, 1.807) is 31.2 Å². The molecule has 0 radical (unpaired) electrons. The standard InChI is InChI=1S/C14H17NO4/c1-3-18-14(17)15-10-5-4-6-11(8-10)19-13(16)12-7-9(12)2/h4-6,8-9,12H,3,7H2,1-2H3,(H,15,17). The summed E-state index contributed by atoms with van der Waals surface area (Å²) in [5, 5.41) is 2.56. The van der Waals surface area contributed by atoms with Gasteiger partial charge in [-0.05, 0) is 31.4 Å². The lowest BCUT2D eigenvalue weighted by atomic mass is 10.3. The van der Waals surface area contributed by atoms with E-state index >= 15 is 0 Å². The van der Waals surface area contributed by atoms with Crippen LogP contribution in [0.25, 0.3) is 0 Å². The molecule has 102 valence electrons. The van der Waals surface area contributed by atoms with Crippen molar-refractivity contribution in [2.45, 2.75) is 20.3 Å². The fourth-order valence-corrected chi connectivity index (χ4v) is 1.76. The van der Waals surface area contributed by atoms with Gasteiger partial charge in [0.25, 0.3) is 0 Å². The second kappa shape index (κ2) is 5.73. The van der Waals surface area contributed by atoms with Gasteiger partial charge in [0.05, 0.1) is 12.5 Å². The molecular formula is C14H17NO4. The molecule has 0 aliphatic heterocycles. The maximum Gasteiger partial charge on any atom is 0.411 e. The third-order valence-corrected chi connectivity index (χ3v) is 2.99. The number of hydrogen-bond donors (Lipinski definition) is 1. The second-order valence-electron chi connectivity index (χ2n) is 4.61. The van der Waals surface area contributed by atoms with Crippen molar-refractivity contribution in [3.05, 3.63) is 24.3 Å². The van der Waals surface area contributed by atoms with E-state index < -0.39 is 6.09 Å². The molecule has 0 aromatic heterocycles. The zero-order chi connectivity index (χ0) is 13.8. The predicted molar refractivity (Wildman–Crippen MR) is 70.0 cm³/mol. The molecule has 2 unspecified atom stereocenters. The molecule has 0 saturated heterocycles. The molecule has 19 heavy (non-hydrogen) atoms. The molecule has 1 aromatic rings. The third-order valence-electron chi connectivity index (χ3n) is 2.99. The minimum Gasteiger partial charge on any atom is -0.450 e. The number of amides is 1. The topological polar surface area (TPSA) is 64.6 Å². The molecule has 0 bridgehead atoms. The van der Waals surface area contributed by atoms with Gasteiger partial charge in [0.15, 0.2) is 0 Å². The summed E-state index contributed by atoms with van der Waals surface area (Å²) in [5.74, 6) is 0.647. The Morgan fingerprint density at radius 3 is 2.79 bits per heavy atom. The fraction of sp³-hybridized carbons (Fsp3) is 0.429. The number of carbonyl (C=O) groups is 2. The lowest BCUT2D eigenvalue weighted by Crippen LogP contribution is -2.14. The maximum atomic E-state index is 11.7. The maximum absolute atomic E-state index is 11.7. The van der Waals surface area contributed by atoms with Gasteiger partial charge in [0.1, 0.15) is 5.75 Å². The van der Waals surface area contributed by atoms with E-state index in [4.69, 9.17) is 9.47 Å². The van der Waals surface area contributed by atoms with Gasteiger partial charge in [-0.3, -0.25) is 10.1 Å². The van der Waals surface area contributed by atoms with Crippen LogP contribution in [-0.4, -0.2) is 18.7 Å². The van der Waals surface area contributed by atoms with Crippen LogP contribution in [0.3, 0.4) is 0 Å². The van der Waals surface area contributed by atoms with E-state index in [1.165, 1.54) is 0 Å². The van der Waals surface area contributed by atoms with Gasteiger partial charge in [-0.25, -0.2) is 4.79 Å². The van der Waals surface area contributed by atoms with E-state index in [1.807, 2.05) is 6.92 Å². The van der Waals surface area contributed by atoms with E-state index in [-0.39, 0.29) is 11.9 Å².